The van der Waals surface area contributed by atoms with E-state index in [1.807, 2.05) is 35.1 Å². The second kappa shape index (κ2) is 9.51. The maximum absolute atomic E-state index is 12.2. The molecule has 0 fully saturated rings. The molecule has 0 saturated carbocycles. The lowest BCUT2D eigenvalue weighted by Gasteiger charge is -2.09. The fourth-order valence-electron chi connectivity index (χ4n) is 2.04. The molecule has 1 heterocycles. The van der Waals surface area contributed by atoms with Gasteiger partial charge in [-0.2, -0.15) is 0 Å². The lowest BCUT2D eigenvalue weighted by molar-refractivity contribution is -0.113. The van der Waals surface area contributed by atoms with Gasteiger partial charge in [-0.15, -0.1) is 28.5 Å². The van der Waals surface area contributed by atoms with Crippen molar-refractivity contribution >= 4 is 35.1 Å². The minimum Gasteiger partial charge on any atom is -0.377 e. The van der Waals surface area contributed by atoms with Gasteiger partial charge >= 0.3 is 0 Å². The van der Waals surface area contributed by atoms with Crippen molar-refractivity contribution in [2.45, 2.75) is 23.2 Å². The zero-order chi connectivity index (χ0) is 17.4. The van der Waals surface area contributed by atoms with E-state index in [1.165, 1.54) is 11.8 Å². The van der Waals surface area contributed by atoms with E-state index in [1.54, 1.807) is 24.9 Å². The molecule has 2 rings (SSSR count). The number of carbonyl (C=O) groups is 1. The number of nitrogens with one attached hydrogen (secondary N) is 1. The summed E-state index contributed by atoms with van der Waals surface area (Å²) in [5, 5.41) is 11.8. The molecule has 1 N–H and O–H groups in total. The highest BCUT2D eigenvalue weighted by atomic mass is 32.2. The molecule has 0 atom stereocenters. The summed E-state index contributed by atoms with van der Waals surface area (Å²) in [6, 6.07) is 7.72. The summed E-state index contributed by atoms with van der Waals surface area (Å²) in [6.07, 6.45) is 3.75. The summed E-state index contributed by atoms with van der Waals surface area (Å²) in [7, 11) is 1.61. The number of hydrogen-bond donors (Lipinski definition) is 1. The van der Waals surface area contributed by atoms with Crippen LogP contribution < -0.4 is 5.32 Å². The lowest BCUT2D eigenvalue weighted by atomic mass is 10.3. The Morgan fingerprint density at radius 1 is 1.42 bits per heavy atom. The first-order valence-electron chi connectivity index (χ1n) is 7.27. The number of anilines is 1. The van der Waals surface area contributed by atoms with Gasteiger partial charge in [0, 0.05) is 18.6 Å². The topological polar surface area (TPSA) is 69.0 Å². The number of para-hydroxylation sites is 1. The molecule has 8 heteroatoms. The van der Waals surface area contributed by atoms with E-state index < -0.39 is 0 Å². The van der Waals surface area contributed by atoms with Crippen LogP contribution in [0.1, 0.15) is 5.82 Å². The van der Waals surface area contributed by atoms with E-state index >= 15 is 0 Å². The van der Waals surface area contributed by atoms with Crippen molar-refractivity contribution in [1.82, 2.24) is 14.8 Å². The Balaban J connectivity index is 2.00. The number of nitrogens with zero attached hydrogens (tertiary/aromatic N) is 3. The third kappa shape index (κ3) is 4.86. The Bertz CT molecular complexity index is 703. The van der Waals surface area contributed by atoms with Crippen LogP contribution in [-0.2, 0) is 22.7 Å². The van der Waals surface area contributed by atoms with Crippen LogP contribution in [0.5, 0.6) is 0 Å². The fourth-order valence-corrected chi connectivity index (χ4v) is 3.36. The Morgan fingerprint density at radius 3 is 2.92 bits per heavy atom. The van der Waals surface area contributed by atoms with Gasteiger partial charge in [-0.25, -0.2) is 0 Å². The molecule has 0 aliphatic carbocycles. The highest BCUT2D eigenvalue weighted by molar-refractivity contribution is 7.99. The third-order valence-electron chi connectivity index (χ3n) is 3.09. The van der Waals surface area contributed by atoms with Crippen molar-refractivity contribution < 1.29 is 9.53 Å². The standard InChI is InChI=1S/C16H20N4O2S2/c1-4-9-20-14(10-22-2)18-19-16(20)24-11-15(21)17-12-7-5-6-8-13(12)23-3/h4-8H,1,9-11H2,2-3H3,(H,17,21). The SMILES string of the molecule is C=CCn1c(COC)nnc1SCC(=O)Nc1ccccc1SC. The monoisotopic (exact) mass is 364 g/mol. The molecule has 0 aliphatic heterocycles. The molecule has 1 aromatic heterocycles. The fraction of sp³-hybridized carbons (Fsp3) is 0.312. The van der Waals surface area contributed by atoms with Crippen molar-refractivity contribution in [3.63, 3.8) is 0 Å². The first kappa shape index (κ1) is 18.6. The van der Waals surface area contributed by atoms with Crippen LogP contribution in [0.25, 0.3) is 0 Å². The van der Waals surface area contributed by atoms with Crippen molar-refractivity contribution in [3.05, 3.63) is 42.7 Å². The van der Waals surface area contributed by atoms with Crippen LogP contribution >= 0.6 is 23.5 Å². The van der Waals surface area contributed by atoms with E-state index in [2.05, 4.69) is 22.1 Å². The summed E-state index contributed by atoms with van der Waals surface area (Å²) in [6.45, 7) is 4.68. The van der Waals surface area contributed by atoms with Gasteiger partial charge < -0.3 is 14.6 Å². The molecule has 0 aliphatic rings. The third-order valence-corrected chi connectivity index (χ3v) is 4.85. The molecule has 1 aromatic carbocycles. The normalized spacial score (nSPS) is 10.6. The zero-order valence-electron chi connectivity index (χ0n) is 13.7. The van der Waals surface area contributed by atoms with Gasteiger partial charge in [0.1, 0.15) is 6.61 Å². The number of aromatic nitrogens is 3. The van der Waals surface area contributed by atoms with Gasteiger partial charge in [0.2, 0.25) is 5.91 Å². The predicted octanol–water partition coefficient (Wildman–Crippen LogP) is 3.06. The van der Waals surface area contributed by atoms with Gasteiger partial charge in [0.15, 0.2) is 11.0 Å². The van der Waals surface area contributed by atoms with Gasteiger partial charge in [-0.1, -0.05) is 30.0 Å². The van der Waals surface area contributed by atoms with Gasteiger partial charge in [-0.05, 0) is 18.4 Å². The molecule has 0 unspecified atom stereocenters. The van der Waals surface area contributed by atoms with Crippen molar-refractivity contribution in [3.8, 4) is 0 Å². The second-order valence-corrected chi connectivity index (χ2v) is 6.56. The molecular weight excluding hydrogens is 344 g/mol. The molecule has 0 saturated heterocycles. The molecule has 0 bridgehead atoms. The second-order valence-electron chi connectivity index (χ2n) is 4.77. The van der Waals surface area contributed by atoms with Crippen molar-refractivity contribution in [2.24, 2.45) is 0 Å². The number of hydrogen-bond acceptors (Lipinski definition) is 6. The number of ether oxygens (including phenoxy) is 1. The minimum atomic E-state index is -0.0806. The van der Waals surface area contributed by atoms with Crippen molar-refractivity contribution in [1.29, 1.82) is 0 Å². The maximum atomic E-state index is 12.2. The number of thioether (sulfide) groups is 2. The summed E-state index contributed by atoms with van der Waals surface area (Å²) in [5.41, 5.74) is 0.822. The number of methoxy groups -OCH3 is 1. The number of rotatable bonds is 9. The van der Waals surface area contributed by atoms with Crippen LogP contribution in [0.4, 0.5) is 5.69 Å². The number of amides is 1. The van der Waals surface area contributed by atoms with Gasteiger partial charge in [0.05, 0.1) is 11.4 Å². The Morgan fingerprint density at radius 2 is 2.21 bits per heavy atom. The molecule has 0 radical (unpaired) electrons. The number of allylic oxidation sites excluding steroid dienone is 1. The smallest absolute Gasteiger partial charge is 0.234 e. The summed E-state index contributed by atoms with van der Waals surface area (Å²) in [5.74, 6) is 0.890. The molecule has 24 heavy (non-hydrogen) atoms. The van der Waals surface area contributed by atoms with Crippen LogP contribution in [-0.4, -0.2) is 39.8 Å². The van der Waals surface area contributed by atoms with Crippen LogP contribution in [0.2, 0.25) is 0 Å². The van der Waals surface area contributed by atoms with Gasteiger partial charge in [0.25, 0.3) is 0 Å². The average molecular weight is 364 g/mol. The zero-order valence-corrected chi connectivity index (χ0v) is 15.3. The first-order chi connectivity index (χ1) is 11.7. The predicted molar refractivity (Wildman–Crippen MR) is 98.5 cm³/mol. The highest BCUT2D eigenvalue weighted by Crippen LogP contribution is 2.25. The van der Waals surface area contributed by atoms with Crippen LogP contribution in [0.3, 0.4) is 0 Å². The Labute approximate surface area is 150 Å². The van der Waals surface area contributed by atoms with E-state index in [4.69, 9.17) is 4.74 Å². The summed E-state index contributed by atoms with van der Waals surface area (Å²) >= 11 is 2.94. The highest BCUT2D eigenvalue weighted by Gasteiger charge is 2.14. The van der Waals surface area contributed by atoms with Gasteiger partial charge in [-0.3, -0.25) is 4.79 Å². The maximum Gasteiger partial charge on any atom is 0.234 e. The molecular formula is C16H20N4O2S2. The molecule has 6 nitrogen and oxygen atoms in total. The molecule has 2 aromatic rings. The average Bonchev–Trinajstić information content (AvgIpc) is 2.96. The van der Waals surface area contributed by atoms with Crippen LogP contribution in [0.15, 0.2) is 47.0 Å². The van der Waals surface area contributed by atoms with E-state index in [9.17, 15) is 4.79 Å². The Kier molecular flexibility index (Phi) is 7.36. The quantitative estimate of drug-likeness (QED) is 0.545. The summed E-state index contributed by atoms with van der Waals surface area (Å²) < 4.78 is 7.00. The molecule has 128 valence electrons. The number of carbonyl (C=O) groups excluding carboxylic acids is 1. The largest absolute Gasteiger partial charge is 0.377 e. The van der Waals surface area contributed by atoms with Crippen LogP contribution in [0, 0.1) is 0 Å². The molecule has 0 spiro atoms. The van der Waals surface area contributed by atoms with E-state index in [-0.39, 0.29) is 11.7 Å². The van der Waals surface area contributed by atoms with Crippen molar-refractivity contribution in [2.75, 3.05) is 24.4 Å². The van der Waals surface area contributed by atoms with E-state index in [0.29, 0.717) is 24.1 Å². The lowest BCUT2D eigenvalue weighted by Crippen LogP contribution is -2.15. The van der Waals surface area contributed by atoms with E-state index in [0.717, 1.165) is 10.6 Å². The number of benzene rings is 1. The molecule has 1 amide bonds. The summed E-state index contributed by atoms with van der Waals surface area (Å²) in [4.78, 5) is 13.2. The Hall–Kier alpha value is -1.77. The first-order valence-corrected chi connectivity index (χ1v) is 9.48. The minimum absolute atomic E-state index is 0.0806.